The van der Waals surface area contributed by atoms with Crippen molar-refractivity contribution < 1.29 is 4.74 Å². The molecule has 1 aliphatic carbocycles. The van der Waals surface area contributed by atoms with Crippen LogP contribution in [-0.2, 0) is 10.8 Å². The zero-order valence-electron chi connectivity index (χ0n) is 25.7. The molecular weight excluding hydrogens is 556 g/mol. The van der Waals surface area contributed by atoms with Gasteiger partial charge in [0.15, 0.2) is 0 Å². The van der Waals surface area contributed by atoms with Crippen molar-refractivity contribution in [2.45, 2.75) is 17.8 Å². The lowest BCUT2D eigenvalue weighted by Gasteiger charge is -2.38. The van der Waals surface area contributed by atoms with Gasteiger partial charge in [0.25, 0.3) is 0 Å². The van der Waals surface area contributed by atoms with Crippen LogP contribution in [-0.4, -0.2) is 0 Å². The first-order chi connectivity index (χ1) is 22.7. The highest BCUT2D eigenvalue weighted by atomic mass is 16.5. The van der Waals surface area contributed by atoms with Crippen molar-refractivity contribution in [2.24, 2.45) is 0 Å². The number of fused-ring (bicyclic) bond motifs is 5. The molecule has 1 heteroatoms. The normalized spacial score (nSPS) is 16.8. The predicted octanol–water partition coefficient (Wildman–Crippen LogP) is 11.2. The molecule has 0 radical (unpaired) electrons. The van der Waals surface area contributed by atoms with Crippen LogP contribution < -0.4 is 4.74 Å². The van der Waals surface area contributed by atoms with Crippen LogP contribution >= 0.6 is 0 Å². The van der Waals surface area contributed by atoms with E-state index in [1.807, 2.05) is 0 Å². The number of hydrogen-bond acceptors (Lipinski definition) is 1. The van der Waals surface area contributed by atoms with E-state index in [-0.39, 0.29) is 5.41 Å². The zero-order valence-corrected chi connectivity index (χ0v) is 25.7. The standard InChI is InChI=1S/C45H32O/c1-44(32-16-4-2-5-17-32)40-26-14-15-27-42(40)46-43-30-31(28-29-41(43)44)34-20-8-11-23-37(34)45(33-18-6-3-7-19-33)38-24-12-9-21-35(38)36-22-10-13-25-39(36)45/h2-30H,1H3. The Hall–Kier alpha value is -5.66. The van der Waals surface area contributed by atoms with Crippen molar-refractivity contribution in [3.8, 4) is 33.8 Å². The summed E-state index contributed by atoms with van der Waals surface area (Å²) in [5.74, 6) is 1.81. The van der Waals surface area contributed by atoms with Gasteiger partial charge in [-0.15, -0.1) is 0 Å². The molecule has 0 saturated carbocycles. The van der Waals surface area contributed by atoms with E-state index in [1.165, 1.54) is 55.6 Å². The van der Waals surface area contributed by atoms with Crippen LogP contribution in [0.2, 0.25) is 0 Å². The summed E-state index contributed by atoms with van der Waals surface area (Å²) in [6.45, 7) is 2.33. The van der Waals surface area contributed by atoms with Crippen LogP contribution in [0.5, 0.6) is 11.5 Å². The first-order valence-electron chi connectivity index (χ1n) is 16.0. The summed E-state index contributed by atoms with van der Waals surface area (Å²) in [5, 5.41) is 0. The van der Waals surface area contributed by atoms with Gasteiger partial charge in [0, 0.05) is 16.5 Å². The van der Waals surface area contributed by atoms with Crippen molar-refractivity contribution in [2.75, 3.05) is 0 Å². The molecule has 46 heavy (non-hydrogen) atoms. The van der Waals surface area contributed by atoms with Gasteiger partial charge in [-0.1, -0.05) is 164 Å². The summed E-state index contributed by atoms with van der Waals surface area (Å²) in [4.78, 5) is 0. The Morgan fingerprint density at radius 2 is 0.826 bits per heavy atom. The highest BCUT2D eigenvalue weighted by Gasteiger charge is 2.47. The Morgan fingerprint density at radius 3 is 1.46 bits per heavy atom. The quantitative estimate of drug-likeness (QED) is 0.199. The molecule has 1 unspecified atom stereocenters. The van der Waals surface area contributed by atoms with Crippen LogP contribution in [0.4, 0.5) is 0 Å². The molecule has 1 aliphatic heterocycles. The van der Waals surface area contributed by atoms with Crippen LogP contribution in [0.15, 0.2) is 176 Å². The van der Waals surface area contributed by atoms with Crippen LogP contribution in [0.3, 0.4) is 0 Å². The third kappa shape index (κ3) is 3.63. The van der Waals surface area contributed by atoms with Crippen molar-refractivity contribution in [1.82, 2.24) is 0 Å². The number of ether oxygens (including phenoxy) is 1. The monoisotopic (exact) mass is 588 g/mol. The van der Waals surface area contributed by atoms with E-state index in [0.717, 1.165) is 17.1 Å². The highest BCUT2D eigenvalue weighted by molar-refractivity contribution is 5.89. The van der Waals surface area contributed by atoms with Gasteiger partial charge in [0.2, 0.25) is 0 Å². The third-order valence-corrected chi connectivity index (χ3v) is 10.3. The van der Waals surface area contributed by atoms with Crippen molar-refractivity contribution >= 4 is 0 Å². The summed E-state index contributed by atoms with van der Waals surface area (Å²) < 4.78 is 6.74. The lowest BCUT2D eigenvalue weighted by Crippen LogP contribution is -2.30. The maximum atomic E-state index is 6.74. The van der Waals surface area contributed by atoms with Crippen molar-refractivity contribution in [3.63, 3.8) is 0 Å². The zero-order chi connectivity index (χ0) is 30.7. The van der Waals surface area contributed by atoms with Gasteiger partial charge in [0.05, 0.1) is 5.41 Å². The van der Waals surface area contributed by atoms with Crippen LogP contribution in [0, 0.1) is 0 Å². The Balaban J connectivity index is 1.30. The summed E-state index contributed by atoms with van der Waals surface area (Å²) in [6.07, 6.45) is 0. The SMILES string of the molecule is CC1(c2ccccc2)c2ccccc2Oc2cc(-c3ccccc3C3(c4ccccc4)c4ccccc4-c4ccccc43)ccc21. The second-order valence-electron chi connectivity index (χ2n) is 12.6. The first-order valence-corrected chi connectivity index (χ1v) is 16.0. The fraction of sp³-hybridized carbons (Fsp3) is 0.0667. The van der Waals surface area contributed by atoms with E-state index in [1.54, 1.807) is 0 Å². The average molecular weight is 589 g/mol. The summed E-state index contributed by atoms with van der Waals surface area (Å²) in [5.41, 5.74) is 12.9. The summed E-state index contributed by atoms with van der Waals surface area (Å²) >= 11 is 0. The number of rotatable bonds is 4. The van der Waals surface area contributed by atoms with Crippen molar-refractivity contribution in [3.05, 3.63) is 215 Å². The molecule has 1 atom stereocenters. The van der Waals surface area contributed by atoms with Gasteiger partial charge in [0.1, 0.15) is 11.5 Å². The number of benzene rings is 7. The molecule has 1 nitrogen and oxygen atoms in total. The lowest BCUT2D eigenvalue weighted by atomic mass is 9.65. The van der Waals surface area contributed by atoms with E-state index in [9.17, 15) is 0 Å². The Bertz CT molecular complexity index is 2200. The molecule has 0 spiro atoms. The fourth-order valence-electron chi connectivity index (χ4n) is 8.24. The summed E-state index contributed by atoms with van der Waals surface area (Å²) in [6, 6.07) is 63.9. The maximum absolute atomic E-state index is 6.74. The van der Waals surface area contributed by atoms with E-state index in [4.69, 9.17) is 4.74 Å². The number of hydrogen-bond donors (Lipinski definition) is 0. The fourth-order valence-corrected chi connectivity index (χ4v) is 8.24. The topological polar surface area (TPSA) is 9.23 Å². The molecule has 7 aromatic carbocycles. The van der Waals surface area contributed by atoms with E-state index in [2.05, 4.69) is 183 Å². The molecular formula is C45H32O. The largest absolute Gasteiger partial charge is 0.457 e. The minimum atomic E-state index is -0.479. The highest BCUT2D eigenvalue weighted by Crippen LogP contribution is 2.58. The predicted molar refractivity (Wildman–Crippen MR) is 188 cm³/mol. The smallest absolute Gasteiger partial charge is 0.132 e. The molecule has 1 heterocycles. The van der Waals surface area contributed by atoms with E-state index in [0.29, 0.717) is 0 Å². The molecule has 218 valence electrons. The van der Waals surface area contributed by atoms with Gasteiger partial charge in [-0.3, -0.25) is 0 Å². The Morgan fingerprint density at radius 1 is 0.370 bits per heavy atom. The molecule has 0 fully saturated rings. The van der Waals surface area contributed by atoms with E-state index < -0.39 is 5.41 Å². The Labute approximate surface area is 270 Å². The van der Waals surface area contributed by atoms with E-state index >= 15 is 0 Å². The second kappa shape index (κ2) is 10.2. The third-order valence-electron chi connectivity index (χ3n) is 10.3. The molecule has 0 aromatic heterocycles. The molecule has 2 aliphatic rings. The van der Waals surface area contributed by atoms with Crippen molar-refractivity contribution in [1.29, 1.82) is 0 Å². The average Bonchev–Trinajstić information content (AvgIpc) is 3.43. The molecule has 0 N–H and O–H groups in total. The maximum Gasteiger partial charge on any atom is 0.132 e. The Kier molecular flexibility index (Phi) is 5.92. The minimum Gasteiger partial charge on any atom is -0.457 e. The van der Waals surface area contributed by atoms with Gasteiger partial charge in [-0.05, 0) is 69.1 Å². The first kappa shape index (κ1) is 26.7. The molecule has 0 saturated heterocycles. The lowest BCUT2D eigenvalue weighted by molar-refractivity contribution is 0.427. The molecule has 7 aromatic rings. The minimum absolute atomic E-state index is 0.349. The number of para-hydroxylation sites is 1. The summed E-state index contributed by atoms with van der Waals surface area (Å²) in [7, 11) is 0. The van der Waals surface area contributed by atoms with Gasteiger partial charge < -0.3 is 4.74 Å². The molecule has 0 bridgehead atoms. The van der Waals surface area contributed by atoms with Crippen LogP contribution in [0.25, 0.3) is 22.3 Å². The second-order valence-corrected chi connectivity index (χ2v) is 12.6. The molecule has 0 amide bonds. The van der Waals surface area contributed by atoms with Gasteiger partial charge in [-0.2, -0.15) is 0 Å². The molecule has 9 rings (SSSR count). The van der Waals surface area contributed by atoms with Gasteiger partial charge >= 0.3 is 0 Å². The van der Waals surface area contributed by atoms with Gasteiger partial charge in [-0.25, -0.2) is 0 Å². The van der Waals surface area contributed by atoms with Crippen LogP contribution in [0.1, 0.15) is 45.9 Å².